The normalized spacial score (nSPS) is 10.0. The van der Waals surface area contributed by atoms with Crippen LogP contribution in [0.25, 0.3) is 0 Å². The van der Waals surface area contributed by atoms with Crippen LogP contribution in [0.2, 0.25) is 0 Å². The molecule has 0 radical (unpaired) electrons. The molecule has 0 heterocycles. The maximum Gasteiger partial charge on any atom is 0.335 e. The van der Waals surface area contributed by atoms with Crippen LogP contribution in [0.3, 0.4) is 0 Å². The summed E-state index contributed by atoms with van der Waals surface area (Å²) < 4.78 is 0. The standard InChI is InChI=1S/C12H16N2O5/c15-6-4-14(5-7-16)12(19)13-10-3-1-2-9(8-10)11(17)18/h1-3,8,15-16H,4-7H2,(H,13,19)(H,17,18). The summed E-state index contributed by atoms with van der Waals surface area (Å²) in [5.41, 5.74) is 0.402. The fraction of sp³-hybridized carbons (Fsp3) is 0.333. The Morgan fingerprint density at radius 2 is 1.79 bits per heavy atom. The number of nitrogens with one attached hydrogen (secondary N) is 1. The smallest absolute Gasteiger partial charge is 0.335 e. The second-order valence-corrected chi connectivity index (χ2v) is 3.75. The number of carboxylic acids is 1. The van der Waals surface area contributed by atoms with Gasteiger partial charge in [-0.25, -0.2) is 9.59 Å². The van der Waals surface area contributed by atoms with E-state index < -0.39 is 12.0 Å². The van der Waals surface area contributed by atoms with E-state index >= 15 is 0 Å². The lowest BCUT2D eigenvalue weighted by Crippen LogP contribution is -2.38. The number of hydrogen-bond acceptors (Lipinski definition) is 4. The average molecular weight is 268 g/mol. The van der Waals surface area contributed by atoms with Crippen LogP contribution in [0.1, 0.15) is 10.4 Å². The molecule has 0 atom stereocenters. The molecule has 1 aromatic rings. The number of rotatable bonds is 6. The molecule has 7 nitrogen and oxygen atoms in total. The van der Waals surface area contributed by atoms with Crippen molar-refractivity contribution in [3.63, 3.8) is 0 Å². The average Bonchev–Trinajstić information content (AvgIpc) is 2.38. The fourth-order valence-corrected chi connectivity index (χ4v) is 1.49. The highest BCUT2D eigenvalue weighted by molar-refractivity contribution is 5.93. The molecule has 2 amide bonds. The van der Waals surface area contributed by atoms with Gasteiger partial charge in [0.05, 0.1) is 18.8 Å². The van der Waals surface area contributed by atoms with Crippen LogP contribution < -0.4 is 5.32 Å². The van der Waals surface area contributed by atoms with Crippen LogP contribution in [-0.4, -0.2) is 58.5 Å². The Balaban J connectivity index is 2.74. The van der Waals surface area contributed by atoms with Gasteiger partial charge in [-0.15, -0.1) is 0 Å². The zero-order valence-electron chi connectivity index (χ0n) is 10.2. The second kappa shape index (κ2) is 7.34. The van der Waals surface area contributed by atoms with Gasteiger partial charge in [0.15, 0.2) is 0 Å². The van der Waals surface area contributed by atoms with Crippen molar-refractivity contribution in [2.24, 2.45) is 0 Å². The number of hydrogen-bond donors (Lipinski definition) is 4. The fourth-order valence-electron chi connectivity index (χ4n) is 1.49. The highest BCUT2D eigenvalue weighted by Gasteiger charge is 2.13. The summed E-state index contributed by atoms with van der Waals surface area (Å²) in [7, 11) is 0. The molecule has 0 aliphatic rings. The molecule has 0 aromatic heterocycles. The number of carbonyl (C=O) groups is 2. The molecule has 4 N–H and O–H groups in total. The third kappa shape index (κ3) is 4.57. The number of aliphatic hydroxyl groups is 2. The van der Waals surface area contributed by atoms with Crippen LogP contribution in [-0.2, 0) is 0 Å². The first-order chi connectivity index (χ1) is 9.08. The van der Waals surface area contributed by atoms with Crippen LogP contribution in [0, 0.1) is 0 Å². The summed E-state index contributed by atoms with van der Waals surface area (Å²) in [5, 5.41) is 29.0. The van der Waals surface area contributed by atoms with Crippen molar-refractivity contribution in [3.8, 4) is 0 Å². The van der Waals surface area contributed by atoms with Gasteiger partial charge in [0.25, 0.3) is 0 Å². The van der Waals surface area contributed by atoms with Gasteiger partial charge in [0.1, 0.15) is 0 Å². The second-order valence-electron chi connectivity index (χ2n) is 3.75. The first kappa shape index (κ1) is 14.9. The minimum atomic E-state index is -1.08. The molecule has 0 fully saturated rings. The molecule has 19 heavy (non-hydrogen) atoms. The lowest BCUT2D eigenvalue weighted by atomic mass is 10.2. The van der Waals surface area contributed by atoms with Gasteiger partial charge in [-0.1, -0.05) is 6.07 Å². The largest absolute Gasteiger partial charge is 0.478 e. The van der Waals surface area contributed by atoms with Gasteiger partial charge < -0.3 is 25.5 Å². The Hall–Kier alpha value is -2.12. The van der Waals surface area contributed by atoms with Crippen LogP contribution >= 0.6 is 0 Å². The third-order valence-corrected chi connectivity index (χ3v) is 2.39. The van der Waals surface area contributed by atoms with Crippen molar-refractivity contribution >= 4 is 17.7 Å². The predicted molar refractivity (Wildman–Crippen MR) is 68.2 cm³/mol. The number of anilines is 1. The predicted octanol–water partition coefficient (Wildman–Crippen LogP) is 0.203. The molecule has 0 saturated heterocycles. The molecule has 0 unspecified atom stereocenters. The van der Waals surface area contributed by atoms with Crippen LogP contribution in [0.4, 0.5) is 10.5 Å². The van der Waals surface area contributed by atoms with E-state index in [1.165, 1.54) is 23.1 Å². The Labute approximate surface area is 110 Å². The van der Waals surface area contributed by atoms with Crippen molar-refractivity contribution in [2.45, 2.75) is 0 Å². The topological polar surface area (TPSA) is 110 Å². The zero-order chi connectivity index (χ0) is 14.3. The monoisotopic (exact) mass is 268 g/mol. The molecular weight excluding hydrogens is 252 g/mol. The Bertz CT molecular complexity index is 444. The number of benzene rings is 1. The first-order valence-corrected chi connectivity index (χ1v) is 5.69. The van der Waals surface area contributed by atoms with Gasteiger partial charge in [0, 0.05) is 18.8 Å². The number of urea groups is 1. The van der Waals surface area contributed by atoms with E-state index in [0.717, 1.165) is 0 Å². The van der Waals surface area contributed by atoms with E-state index in [2.05, 4.69) is 5.32 Å². The molecule has 7 heteroatoms. The van der Waals surface area contributed by atoms with Crippen molar-refractivity contribution in [1.29, 1.82) is 0 Å². The molecule has 0 spiro atoms. The SMILES string of the molecule is O=C(O)c1cccc(NC(=O)N(CCO)CCO)c1. The van der Waals surface area contributed by atoms with Crippen LogP contribution in [0.15, 0.2) is 24.3 Å². The summed E-state index contributed by atoms with van der Waals surface area (Å²) in [5.74, 6) is -1.08. The molecule has 0 saturated carbocycles. The molecule has 1 aromatic carbocycles. The summed E-state index contributed by atoms with van der Waals surface area (Å²) in [6.45, 7) is -0.263. The summed E-state index contributed by atoms with van der Waals surface area (Å²) in [4.78, 5) is 23.8. The number of amides is 2. The van der Waals surface area contributed by atoms with Gasteiger partial charge >= 0.3 is 12.0 Å². The van der Waals surface area contributed by atoms with Gasteiger partial charge in [-0.05, 0) is 18.2 Å². The Kier molecular flexibility index (Phi) is 5.77. The number of nitrogens with zero attached hydrogens (tertiary/aromatic N) is 1. The van der Waals surface area contributed by atoms with Crippen molar-refractivity contribution < 1.29 is 24.9 Å². The third-order valence-electron chi connectivity index (χ3n) is 2.39. The molecule has 0 aliphatic carbocycles. The maximum absolute atomic E-state index is 11.8. The van der Waals surface area contributed by atoms with E-state index in [1.807, 2.05) is 0 Å². The molecule has 1 rings (SSSR count). The number of carbonyl (C=O) groups excluding carboxylic acids is 1. The molecule has 0 bridgehead atoms. The minimum absolute atomic E-state index is 0.0636. The maximum atomic E-state index is 11.8. The molecular formula is C12H16N2O5. The Morgan fingerprint density at radius 1 is 1.16 bits per heavy atom. The van der Waals surface area contributed by atoms with E-state index in [-0.39, 0.29) is 31.9 Å². The zero-order valence-corrected chi connectivity index (χ0v) is 10.2. The summed E-state index contributed by atoms with van der Waals surface area (Å²) in [6, 6.07) is 5.31. The van der Waals surface area contributed by atoms with Gasteiger partial charge in [-0.2, -0.15) is 0 Å². The molecule has 104 valence electrons. The number of aromatic carboxylic acids is 1. The lowest BCUT2D eigenvalue weighted by Gasteiger charge is -2.21. The van der Waals surface area contributed by atoms with Gasteiger partial charge in [0.2, 0.25) is 0 Å². The van der Waals surface area contributed by atoms with Gasteiger partial charge in [-0.3, -0.25) is 0 Å². The number of aliphatic hydroxyl groups excluding tert-OH is 2. The van der Waals surface area contributed by atoms with E-state index in [1.54, 1.807) is 6.07 Å². The van der Waals surface area contributed by atoms with E-state index in [0.29, 0.717) is 5.69 Å². The summed E-state index contributed by atoms with van der Waals surface area (Å²) in [6.07, 6.45) is 0. The first-order valence-electron chi connectivity index (χ1n) is 5.69. The Morgan fingerprint density at radius 3 is 2.32 bits per heavy atom. The number of carboxylic acid groups (broad SMARTS) is 1. The van der Waals surface area contributed by atoms with Crippen LogP contribution in [0.5, 0.6) is 0 Å². The van der Waals surface area contributed by atoms with Crippen molar-refractivity contribution in [1.82, 2.24) is 4.90 Å². The quantitative estimate of drug-likeness (QED) is 0.589. The van der Waals surface area contributed by atoms with E-state index in [4.69, 9.17) is 15.3 Å². The highest BCUT2D eigenvalue weighted by Crippen LogP contribution is 2.11. The highest BCUT2D eigenvalue weighted by atomic mass is 16.4. The van der Waals surface area contributed by atoms with Crippen molar-refractivity contribution in [2.75, 3.05) is 31.6 Å². The van der Waals surface area contributed by atoms with E-state index in [9.17, 15) is 9.59 Å². The van der Waals surface area contributed by atoms with Crippen molar-refractivity contribution in [3.05, 3.63) is 29.8 Å². The molecule has 0 aliphatic heterocycles. The minimum Gasteiger partial charge on any atom is -0.478 e. The lowest BCUT2D eigenvalue weighted by molar-refractivity contribution is 0.0697. The summed E-state index contributed by atoms with van der Waals surface area (Å²) >= 11 is 0.